The maximum absolute atomic E-state index is 5.88. The summed E-state index contributed by atoms with van der Waals surface area (Å²) < 4.78 is 5.88. The van der Waals surface area contributed by atoms with E-state index < -0.39 is 0 Å². The molecule has 0 bridgehead atoms. The average Bonchev–Trinajstić information content (AvgIpc) is 2.40. The van der Waals surface area contributed by atoms with E-state index in [4.69, 9.17) is 10.5 Å². The highest BCUT2D eigenvalue weighted by Crippen LogP contribution is 2.20. The summed E-state index contributed by atoms with van der Waals surface area (Å²) in [6.45, 7) is 3.71. The molecule has 0 saturated heterocycles. The van der Waals surface area contributed by atoms with Crippen LogP contribution >= 0.6 is 0 Å². The lowest BCUT2D eigenvalue weighted by Gasteiger charge is -2.22. The SMILES string of the molecule is Cc1ccc(N)cc1NCCOC1CCCCC1. The normalized spacial score (nSPS) is 16.7. The van der Waals surface area contributed by atoms with Crippen molar-refractivity contribution in [2.24, 2.45) is 0 Å². The predicted molar refractivity (Wildman–Crippen MR) is 76.9 cm³/mol. The number of benzene rings is 1. The zero-order valence-electron chi connectivity index (χ0n) is 11.2. The Hall–Kier alpha value is -1.22. The van der Waals surface area contributed by atoms with Gasteiger partial charge in [0.25, 0.3) is 0 Å². The van der Waals surface area contributed by atoms with Gasteiger partial charge >= 0.3 is 0 Å². The minimum atomic E-state index is 0.488. The van der Waals surface area contributed by atoms with E-state index in [1.54, 1.807) is 0 Å². The number of nitrogens with two attached hydrogens (primary N) is 1. The van der Waals surface area contributed by atoms with Crippen LogP contribution in [0.15, 0.2) is 18.2 Å². The monoisotopic (exact) mass is 248 g/mol. The number of nitrogen functional groups attached to an aromatic ring is 1. The van der Waals surface area contributed by atoms with Crippen molar-refractivity contribution < 1.29 is 4.74 Å². The Balaban J connectivity index is 1.69. The van der Waals surface area contributed by atoms with Crippen LogP contribution in [0.5, 0.6) is 0 Å². The number of hydrogen-bond acceptors (Lipinski definition) is 3. The highest BCUT2D eigenvalue weighted by Gasteiger charge is 2.12. The highest BCUT2D eigenvalue weighted by atomic mass is 16.5. The molecule has 0 spiro atoms. The first-order valence-corrected chi connectivity index (χ1v) is 6.97. The lowest BCUT2D eigenvalue weighted by molar-refractivity contribution is 0.0347. The van der Waals surface area contributed by atoms with E-state index in [-0.39, 0.29) is 0 Å². The van der Waals surface area contributed by atoms with Crippen LogP contribution in [0.3, 0.4) is 0 Å². The molecule has 1 aromatic carbocycles. The first kappa shape index (κ1) is 13.2. The van der Waals surface area contributed by atoms with Gasteiger partial charge in [0.05, 0.1) is 12.7 Å². The smallest absolute Gasteiger partial charge is 0.0642 e. The Bertz CT molecular complexity index is 373. The summed E-state index contributed by atoms with van der Waals surface area (Å²) in [7, 11) is 0. The number of ether oxygens (including phenoxy) is 1. The molecule has 0 amide bonds. The standard InChI is InChI=1S/C15H24N2O/c1-12-7-8-13(16)11-15(12)17-9-10-18-14-5-3-2-4-6-14/h7-8,11,14,17H,2-6,9-10,16H2,1H3. The maximum Gasteiger partial charge on any atom is 0.0642 e. The van der Waals surface area contributed by atoms with E-state index in [1.807, 2.05) is 18.2 Å². The van der Waals surface area contributed by atoms with Crippen LogP contribution in [-0.2, 0) is 4.74 Å². The molecule has 18 heavy (non-hydrogen) atoms. The van der Waals surface area contributed by atoms with E-state index in [0.717, 1.165) is 24.5 Å². The van der Waals surface area contributed by atoms with E-state index in [1.165, 1.54) is 37.7 Å². The molecule has 0 radical (unpaired) electrons. The molecule has 1 aliphatic carbocycles. The van der Waals surface area contributed by atoms with Crippen LogP contribution in [0.2, 0.25) is 0 Å². The molecule has 0 atom stereocenters. The summed E-state index contributed by atoms with van der Waals surface area (Å²) in [5, 5.41) is 3.39. The second kappa shape index (κ2) is 6.64. The van der Waals surface area contributed by atoms with Gasteiger partial charge in [-0.05, 0) is 37.5 Å². The van der Waals surface area contributed by atoms with Crippen LogP contribution < -0.4 is 11.1 Å². The van der Waals surface area contributed by atoms with Gasteiger partial charge in [0.15, 0.2) is 0 Å². The number of nitrogens with one attached hydrogen (secondary N) is 1. The second-order valence-electron chi connectivity index (χ2n) is 5.13. The Morgan fingerprint density at radius 3 is 2.83 bits per heavy atom. The molecule has 1 aliphatic rings. The molecule has 3 nitrogen and oxygen atoms in total. The van der Waals surface area contributed by atoms with Crippen molar-refractivity contribution >= 4 is 11.4 Å². The third kappa shape index (κ3) is 3.91. The minimum absolute atomic E-state index is 0.488. The Kier molecular flexibility index (Phi) is 4.88. The fourth-order valence-electron chi connectivity index (χ4n) is 2.47. The summed E-state index contributed by atoms with van der Waals surface area (Å²) in [6, 6.07) is 5.95. The first-order valence-electron chi connectivity index (χ1n) is 6.97. The summed E-state index contributed by atoms with van der Waals surface area (Å²) in [5.41, 5.74) is 8.92. The molecule has 1 saturated carbocycles. The number of aryl methyl sites for hydroxylation is 1. The van der Waals surface area contributed by atoms with Crippen LogP contribution in [0.25, 0.3) is 0 Å². The molecule has 3 N–H and O–H groups in total. The van der Waals surface area contributed by atoms with Crippen LogP contribution in [0.1, 0.15) is 37.7 Å². The van der Waals surface area contributed by atoms with Gasteiger partial charge < -0.3 is 15.8 Å². The average molecular weight is 248 g/mol. The van der Waals surface area contributed by atoms with Gasteiger partial charge in [0.2, 0.25) is 0 Å². The molecular formula is C15H24N2O. The van der Waals surface area contributed by atoms with Crippen LogP contribution in [0.4, 0.5) is 11.4 Å². The van der Waals surface area contributed by atoms with E-state index in [2.05, 4.69) is 12.2 Å². The van der Waals surface area contributed by atoms with Gasteiger partial charge in [-0.2, -0.15) is 0 Å². The molecule has 1 aromatic rings. The highest BCUT2D eigenvalue weighted by molar-refractivity contribution is 5.59. The largest absolute Gasteiger partial charge is 0.399 e. The fraction of sp³-hybridized carbons (Fsp3) is 0.600. The van der Waals surface area contributed by atoms with Gasteiger partial charge in [0, 0.05) is 17.9 Å². The van der Waals surface area contributed by atoms with E-state index >= 15 is 0 Å². The Labute approximate surface area is 110 Å². The van der Waals surface area contributed by atoms with Crippen molar-refractivity contribution in [2.45, 2.75) is 45.1 Å². The van der Waals surface area contributed by atoms with Crippen molar-refractivity contribution in [1.82, 2.24) is 0 Å². The van der Waals surface area contributed by atoms with Crippen molar-refractivity contribution in [3.8, 4) is 0 Å². The fourth-order valence-corrected chi connectivity index (χ4v) is 2.47. The van der Waals surface area contributed by atoms with Crippen molar-refractivity contribution in [3.05, 3.63) is 23.8 Å². The molecule has 2 rings (SSSR count). The molecule has 0 aromatic heterocycles. The third-order valence-corrected chi connectivity index (χ3v) is 3.58. The topological polar surface area (TPSA) is 47.3 Å². The first-order chi connectivity index (χ1) is 8.75. The van der Waals surface area contributed by atoms with E-state index in [9.17, 15) is 0 Å². The second-order valence-corrected chi connectivity index (χ2v) is 5.13. The third-order valence-electron chi connectivity index (χ3n) is 3.58. The van der Waals surface area contributed by atoms with Gasteiger partial charge in [-0.15, -0.1) is 0 Å². The van der Waals surface area contributed by atoms with Gasteiger partial charge in [-0.3, -0.25) is 0 Å². The quantitative estimate of drug-likeness (QED) is 0.620. The van der Waals surface area contributed by atoms with Crippen LogP contribution in [-0.4, -0.2) is 19.3 Å². The summed E-state index contributed by atoms with van der Waals surface area (Å²) >= 11 is 0. The Morgan fingerprint density at radius 2 is 2.06 bits per heavy atom. The minimum Gasteiger partial charge on any atom is -0.399 e. The molecule has 0 aliphatic heterocycles. The van der Waals surface area contributed by atoms with Crippen molar-refractivity contribution in [3.63, 3.8) is 0 Å². The molecular weight excluding hydrogens is 224 g/mol. The lowest BCUT2D eigenvalue weighted by atomic mass is 9.98. The van der Waals surface area contributed by atoms with Gasteiger partial charge in [-0.25, -0.2) is 0 Å². The van der Waals surface area contributed by atoms with Crippen molar-refractivity contribution in [1.29, 1.82) is 0 Å². The predicted octanol–water partition coefficient (Wildman–Crippen LogP) is 3.34. The molecule has 1 fully saturated rings. The molecule has 0 heterocycles. The molecule has 100 valence electrons. The lowest BCUT2D eigenvalue weighted by Crippen LogP contribution is -2.20. The molecule has 0 unspecified atom stereocenters. The van der Waals surface area contributed by atoms with Crippen molar-refractivity contribution in [2.75, 3.05) is 24.2 Å². The van der Waals surface area contributed by atoms with Crippen LogP contribution in [0, 0.1) is 6.92 Å². The zero-order valence-corrected chi connectivity index (χ0v) is 11.2. The van der Waals surface area contributed by atoms with E-state index in [0.29, 0.717) is 6.10 Å². The number of rotatable bonds is 5. The maximum atomic E-state index is 5.88. The Morgan fingerprint density at radius 1 is 1.28 bits per heavy atom. The summed E-state index contributed by atoms with van der Waals surface area (Å²) in [5.74, 6) is 0. The zero-order chi connectivity index (χ0) is 12.8. The van der Waals surface area contributed by atoms with Gasteiger partial charge in [-0.1, -0.05) is 25.3 Å². The molecule has 3 heteroatoms. The number of anilines is 2. The van der Waals surface area contributed by atoms with Gasteiger partial charge in [0.1, 0.15) is 0 Å². The summed E-state index contributed by atoms with van der Waals surface area (Å²) in [4.78, 5) is 0. The number of hydrogen-bond donors (Lipinski definition) is 2. The summed E-state index contributed by atoms with van der Waals surface area (Å²) in [6.07, 6.45) is 6.98.